The molecular weight excluding hydrogens is 367 g/mol. The number of hydrogen-bond donors (Lipinski definition) is 1. The van der Waals surface area contributed by atoms with Crippen LogP contribution in [0, 0.1) is 5.82 Å². The number of halogens is 2. The molecule has 0 unspecified atom stereocenters. The van der Waals surface area contributed by atoms with E-state index in [2.05, 4.69) is 5.32 Å². The highest BCUT2D eigenvalue weighted by Gasteiger charge is 2.32. The lowest BCUT2D eigenvalue weighted by atomic mass is 10.1. The van der Waals surface area contributed by atoms with Crippen molar-refractivity contribution in [3.05, 3.63) is 58.4 Å². The van der Waals surface area contributed by atoms with Crippen LogP contribution in [-0.2, 0) is 16.4 Å². The van der Waals surface area contributed by atoms with Gasteiger partial charge in [-0.3, -0.25) is 9.10 Å². The van der Waals surface area contributed by atoms with Gasteiger partial charge in [0, 0.05) is 17.3 Å². The fraction of sp³-hybridized carbons (Fsp3) is 0.235. The Labute approximate surface area is 150 Å². The highest BCUT2D eigenvalue weighted by molar-refractivity contribution is 7.92. The number of carbonyl (C=O) groups excluding carboxylic acids is 1. The predicted molar refractivity (Wildman–Crippen MR) is 96.3 cm³/mol. The summed E-state index contributed by atoms with van der Waals surface area (Å²) in [6.45, 7) is 1.82. The van der Waals surface area contributed by atoms with Gasteiger partial charge in [0.2, 0.25) is 10.0 Å². The zero-order chi connectivity index (χ0) is 18.4. The molecule has 1 aliphatic heterocycles. The van der Waals surface area contributed by atoms with E-state index in [-0.39, 0.29) is 17.0 Å². The van der Waals surface area contributed by atoms with Crippen molar-refractivity contribution in [3.8, 4) is 0 Å². The summed E-state index contributed by atoms with van der Waals surface area (Å²) in [7, 11) is -3.37. The van der Waals surface area contributed by atoms with Crippen molar-refractivity contribution < 1.29 is 17.6 Å². The van der Waals surface area contributed by atoms with Crippen LogP contribution in [0.4, 0.5) is 15.8 Å². The number of rotatable bonds is 3. The maximum atomic E-state index is 13.2. The van der Waals surface area contributed by atoms with Gasteiger partial charge >= 0.3 is 0 Å². The van der Waals surface area contributed by atoms with E-state index in [0.29, 0.717) is 23.4 Å². The van der Waals surface area contributed by atoms with Crippen molar-refractivity contribution in [3.63, 3.8) is 0 Å². The van der Waals surface area contributed by atoms with E-state index in [9.17, 15) is 17.6 Å². The summed E-state index contributed by atoms with van der Waals surface area (Å²) >= 11 is 5.71. The van der Waals surface area contributed by atoms with Crippen molar-refractivity contribution in [1.82, 2.24) is 0 Å². The highest BCUT2D eigenvalue weighted by atomic mass is 35.5. The molecule has 0 spiro atoms. The summed E-state index contributed by atoms with van der Waals surface area (Å²) in [5, 5.41) is 2.57. The van der Waals surface area contributed by atoms with Crippen LogP contribution in [0.2, 0.25) is 5.02 Å². The molecule has 0 aromatic heterocycles. The van der Waals surface area contributed by atoms with E-state index in [1.54, 1.807) is 18.2 Å². The third kappa shape index (κ3) is 3.48. The zero-order valence-electron chi connectivity index (χ0n) is 13.6. The van der Waals surface area contributed by atoms with Crippen LogP contribution in [0.3, 0.4) is 0 Å². The number of nitrogens with zero attached hydrogens (tertiary/aromatic N) is 1. The molecule has 1 amide bonds. The molecule has 8 heteroatoms. The molecule has 132 valence electrons. The van der Waals surface area contributed by atoms with Gasteiger partial charge in [-0.1, -0.05) is 11.6 Å². The fourth-order valence-corrected chi connectivity index (χ4v) is 4.47. The summed E-state index contributed by atoms with van der Waals surface area (Å²) in [5.41, 5.74) is 2.16. The SMILES string of the molecule is C[C@H]1Cc2cc(C(=O)Nc3ccc(F)c(Cl)c3)ccc2N1S(C)(=O)=O. The van der Waals surface area contributed by atoms with E-state index in [4.69, 9.17) is 11.6 Å². The van der Waals surface area contributed by atoms with Gasteiger partial charge in [-0.15, -0.1) is 0 Å². The Morgan fingerprint density at radius 2 is 2.00 bits per heavy atom. The molecule has 0 bridgehead atoms. The van der Waals surface area contributed by atoms with E-state index in [1.807, 2.05) is 6.92 Å². The molecule has 0 saturated heterocycles. The molecule has 25 heavy (non-hydrogen) atoms. The fourth-order valence-electron chi connectivity index (χ4n) is 3.03. The van der Waals surface area contributed by atoms with Gasteiger partial charge in [-0.25, -0.2) is 12.8 Å². The van der Waals surface area contributed by atoms with Gasteiger partial charge in [-0.05, 0) is 55.3 Å². The second kappa shape index (κ2) is 6.31. The van der Waals surface area contributed by atoms with Gasteiger partial charge in [0.05, 0.1) is 17.0 Å². The smallest absolute Gasteiger partial charge is 0.255 e. The van der Waals surface area contributed by atoms with Crippen LogP contribution < -0.4 is 9.62 Å². The number of nitrogens with one attached hydrogen (secondary N) is 1. The second-order valence-electron chi connectivity index (χ2n) is 6.04. The molecule has 5 nitrogen and oxygen atoms in total. The predicted octanol–water partition coefficient (Wildman–Crippen LogP) is 3.44. The normalized spacial score (nSPS) is 16.6. The summed E-state index contributed by atoms with van der Waals surface area (Å²) in [4.78, 5) is 12.4. The van der Waals surface area contributed by atoms with Crippen molar-refractivity contribution in [1.29, 1.82) is 0 Å². The molecule has 2 aromatic rings. The van der Waals surface area contributed by atoms with E-state index < -0.39 is 15.8 Å². The number of hydrogen-bond acceptors (Lipinski definition) is 3. The average Bonchev–Trinajstić information content (AvgIpc) is 2.85. The third-order valence-electron chi connectivity index (χ3n) is 4.03. The summed E-state index contributed by atoms with van der Waals surface area (Å²) in [6, 6.07) is 8.60. The minimum absolute atomic E-state index is 0.0793. The quantitative estimate of drug-likeness (QED) is 0.884. The van der Waals surface area contributed by atoms with E-state index in [0.717, 1.165) is 11.8 Å². The van der Waals surface area contributed by atoms with E-state index >= 15 is 0 Å². The monoisotopic (exact) mass is 382 g/mol. The van der Waals surface area contributed by atoms with Crippen molar-refractivity contribution in [2.45, 2.75) is 19.4 Å². The van der Waals surface area contributed by atoms with Crippen molar-refractivity contribution in [2.24, 2.45) is 0 Å². The van der Waals surface area contributed by atoms with Crippen LogP contribution >= 0.6 is 11.6 Å². The third-order valence-corrected chi connectivity index (χ3v) is 5.59. The first kappa shape index (κ1) is 17.7. The van der Waals surface area contributed by atoms with Crippen molar-refractivity contribution >= 4 is 38.9 Å². The summed E-state index contributed by atoms with van der Waals surface area (Å²) in [6.07, 6.45) is 1.70. The van der Waals surface area contributed by atoms with Gasteiger partial charge in [0.25, 0.3) is 5.91 Å². The Bertz CT molecular complexity index is 962. The highest BCUT2D eigenvalue weighted by Crippen LogP contribution is 2.34. The molecule has 0 aliphatic carbocycles. The first-order valence-electron chi connectivity index (χ1n) is 7.55. The van der Waals surface area contributed by atoms with Gasteiger partial charge < -0.3 is 5.32 Å². The number of carbonyl (C=O) groups is 1. The minimum Gasteiger partial charge on any atom is -0.322 e. The average molecular weight is 383 g/mol. The Morgan fingerprint density at radius 1 is 1.28 bits per heavy atom. The largest absolute Gasteiger partial charge is 0.322 e. The molecule has 0 radical (unpaired) electrons. The lowest BCUT2D eigenvalue weighted by Gasteiger charge is -2.21. The molecule has 1 heterocycles. The molecule has 0 fully saturated rings. The molecule has 1 atom stereocenters. The molecule has 3 rings (SSSR count). The molecule has 1 N–H and O–H groups in total. The Kier molecular flexibility index (Phi) is 4.47. The van der Waals surface area contributed by atoms with Crippen molar-refractivity contribution in [2.75, 3.05) is 15.9 Å². The number of fused-ring (bicyclic) bond motifs is 1. The standard InChI is InChI=1S/C17H16ClFN2O3S/c1-10-7-12-8-11(3-6-16(12)21(10)25(2,23)24)17(22)20-13-4-5-15(19)14(18)9-13/h3-6,8-10H,7H2,1-2H3,(H,20,22)/t10-/m0/s1. The number of benzene rings is 2. The lowest BCUT2D eigenvalue weighted by Crippen LogP contribution is -2.34. The second-order valence-corrected chi connectivity index (χ2v) is 8.31. The van der Waals surface area contributed by atoms with E-state index in [1.165, 1.54) is 22.5 Å². The first-order valence-corrected chi connectivity index (χ1v) is 9.78. The lowest BCUT2D eigenvalue weighted by molar-refractivity contribution is 0.102. The first-order chi connectivity index (χ1) is 11.7. The number of sulfonamides is 1. The topological polar surface area (TPSA) is 66.5 Å². The minimum atomic E-state index is -3.37. The molecule has 1 aliphatic rings. The Hall–Kier alpha value is -2.12. The molecule has 2 aromatic carbocycles. The maximum Gasteiger partial charge on any atom is 0.255 e. The maximum absolute atomic E-state index is 13.2. The number of amides is 1. The van der Waals surface area contributed by atoms with Gasteiger partial charge in [0.15, 0.2) is 0 Å². The van der Waals surface area contributed by atoms with Gasteiger partial charge in [-0.2, -0.15) is 0 Å². The Balaban J connectivity index is 1.86. The van der Waals surface area contributed by atoms with Crippen LogP contribution in [0.5, 0.6) is 0 Å². The summed E-state index contributed by atoms with van der Waals surface area (Å²) < 4.78 is 38.4. The van der Waals surface area contributed by atoms with Crippen LogP contribution in [-0.4, -0.2) is 26.6 Å². The number of anilines is 2. The molecular formula is C17H16ClFN2O3S. The summed E-state index contributed by atoms with van der Waals surface area (Å²) in [5.74, 6) is -0.942. The van der Waals surface area contributed by atoms with Crippen LogP contribution in [0.1, 0.15) is 22.8 Å². The van der Waals surface area contributed by atoms with Gasteiger partial charge in [0.1, 0.15) is 5.82 Å². The zero-order valence-corrected chi connectivity index (χ0v) is 15.2. The van der Waals surface area contributed by atoms with Crippen LogP contribution in [0.15, 0.2) is 36.4 Å². The Morgan fingerprint density at radius 3 is 2.64 bits per heavy atom. The molecule has 0 saturated carbocycles. The van der Waals surface area contributed by atoms with Crippen LogP contribution in [0.25, 0.3) is 0 Å².